The molecule has 1 heterocycles. The van der Waals surface area contributed by atoms with E-state index in [4.69, 9.17) is 0 Å². The maximum Gasteiger partial charge on any atom is 0.136 e. The van der Waals surface area contributed by atoms with E-state index in [-0.39, 0.29) is 5.82 Å². The third-order valence-electron chi connectivity index (χ3n) is 3.60. The van der Waals surface area contributed by atoms with Crippen molar-refractivity contribution in [1.29, 1.82) is 0 Å². The Hall–Kier alpha value is -0.580. The minimum Gasteiger partial charge on any atom is -0.317 e. The highest BCUT2D eigenvalue weighted by Crippen LogP contribution is 2.21. The standard InChI is InChI=1S/C15H23FN2S/c1-18(12-13-6-8-17-9-7-13)10-11-19-15-5-3-2-4-14(15)16/h2-5,13,17H,6-12H2,1H3. The van der Waals surface area contributed by atoms with Crippen molar-refractivity contribution in [3.05, 3.63) is 30.1 Å². The molecule has 0 aliphatic carbocycles. The molecule has 2 nitrogen and oxygen atoms in total. The lowest BCUT2D eigenvalue weighted by Gasteiger charge is -2.27. The van der Waals surface area contributed by atoms with Gasteiger partial charge in [0, 0.05) is 23.7 Å². The van der Waals surface area contributed by atoms with E-state index in [1.54, 1.807) is 17.8 Å². The lowest BCUT2D eigenvalue weighted by atomic mass is 9.98. The number of halogens is 1. The summed E-state index contributed by atoms with van der Waals surface area (Å²) in [6.45, 7) is 4.49. The molecule has 4 heteroatoms. The van der Waals surface area contributed by atoms with E-state index in [1.165, 1.54) is 25.5 Å². The van der Waals surface area contributed by atoms with Gasteiger partial charge in [-0.05, 0) is 51.0 Å². The van der Waals surface area contributed by atoms with Gasteiger partial charge < -0.3 is 10.2 Å². The van der Waals surface area contributed by atoms with E-state index >= 15 is 0 Å². The zero-order valence-electron chi connectivity index (χ0n) is 11.6. The van der Waals surface area contributed by atoms with Crippen LogP contribution in [0.5, 0.6) is 0 Å². The monoisotopic (exact) mass is 282 g/mol. The van der Waals surface area contributed by atoms with Crippen LogP contribution in [0.3, 0.4) is 0 Å². The van der Waals surface area contributed by atoms with Gasteiger partial charge in [-0.3, -0.25) is 0 Å². The second-order valence-corrected chi connectivity index (χ2v) is 6.37. The number of nitrogens with one attached hydrogen (secondary N) is 1. The van der Waals surface area contributed by atoms with Gasteiger partial charge in [0.05, 0.1) is 0 Å². The average molecular weight is 282 g/mol. The van der Waals surface area contributed by atoms with Crippen molar-refractivity contribution in [1.82, 2.24) is 10.2 Å². The van der Waals surface area contributed by atoms with Gasteiger partial charge in [0.1, 0.15) is 5.82 Å². The Labute approximate surface area is 119 Å². The van der Waals surface area contributed by atoms with Crippen LogP contribution in [0.4, 0.5) is 4.39 Å². The summed E-state index contributed by atoms with van der Waals surface area (Å²) in [6, 6.07) is 7.01. The minimum absolute atomic E-state index is 0.103. The summed E-state index contributed by atoms with van der Waals surface area (Å²) >= 11 is 1.61. The number of hydrogen-bond donors (Lipinski definition) is 1. The lowest BCUT2D eigenvalue weighted by molar-refractivity contribution is 0.250. The molecule has 1 N–H and O–H groups in total. The second-order valence-electron chi connectivity index (χ2n) is 5.23. The number of rotatable bonds is 6. The SMILES string of the molecule is CN(CCSc1ccccc1F)CC1CCNCC1. The first-order valence-corrected chi connectivity index (χ1v) is 8.01. The molecule has 1 aromatic rings. The van der Waals surface area contributed by atoms with Crippen molar-refractivity contribution in [2.75, 3.05) is 39.0 Å². The van der Waals surface area contributed by atoms with Crippen LogP contribution in [0.1, 0.15) is 12.8 Å². The molecule has 1 aliphatic heterocycles. The Morgan fingerprint density at radius 2 is 2.05 bits per heavy atom. The van der Waals surface area contributed by atoms with Crippen molar-refractivity contribution in [3.63, 3.8) is 0 Å². The molecular weight excluding hydrogens is 259 g/mol. The second kappa shape index (κ2) is 7.88. The largest absolute Gasteiger partial charge is 0.317 e. The Morgan fingerprint density at radius 3 is 2.79 bits per heavy atom. The highest BCUT2D eigenvalue weighted by atomic mass is 32.2. The van der Waals surface area contributed by atoms with Crippen molar-refractivity contribution in [3.8, 4) is 0 Å². The van der Waals surface area contributed by atoms with Crippen molar-refractivity contribution in [2.24, 2.45) is 5.92 Å². The number of hydrogen-bond acceptors (Lipinski definition) is 3. The molecule has 106 valence electrons. The predicted octanol–water partition coefficient (Wildman–Crippen LogP) is 2.85. The van der Waals surface area contributed by atoms with E-state index in [2.05, 4.69) is 17.3 Å². The normalized spacial score (nSPS) is 17.0. The molecular formula is C15H23FN2S. The molecule has 0 aromatic heterocycles. The molecule has 1 aliphatic rings. The molecule has 0 radical (unpaired) electrons. The first kappa shape index (κ1) is 14.8. The molecule has 1 fully saturated rings. The van der Waals surface area contributed by atoms with Gasteiger partial charge in [-0.15, -0.1) is 11.8 Å². The quantitative estimate of drug-likeness (QED) is 0.808. The van der Waals surface area contributed by atoms with Crippen LogP contribution in [0.15, 0.2) is 29.2 Å². The number of nitrogens with zero attached hydrogens (tertiary/aromatic N) is 1. The summed E-state index contributed by atoms with van der Waals surface area (Å²) in [6.07, 6.45) is 2.57. The van der Waals surface area contributed by atoms with Gasteiger partial charge in [0.25, 0.3) is 0 Å². The van der Waals surface area contributed by atoms with Crippen molar-refractivity contribution in [2.45, 2.75) is 17.7 Å². The van der Waals surface area contributed by atoms with E-state index < -0.39 is 0 Å². The Balaban J connectivity index is 1.66. The summed E-state index contributed by atoms with van der Waals surface area (Å²) in [5, 5.41) is 3.39. The van der Waals surface area contributed by atoms with Crippen LogP contribution in [-0.2, 0) is 0 Å². The predicted molar refractivity (Wildman–Crippen MR) is 80.2 cm³/mol. The molecule has 2 rings (SSSR count). The third kappa shape index (κ3) is 5.13. The van der Waals surface area contributed by atoms with Crippen LogP contribution in [0, 0.1) is 11.7 Å². The van der Waals surface area contributed by atoms with E-state index in [9.17, 15) is 4.39 Å². The van der Waals surface area contributed by atoms with Crippen LogP contribution in [0.25, 0.3) is 0 Å². The summed E-state index contributed by atoms with van der Waals surface area (Å²) in [5.74, 6) is 1.67. The zero-order valence-corrected chi connectivity index (χ0v) is 12.4. The Morgan fingerprint density at radius 1 is 1.32 bits per heavy atom. The Bertz CT molecular complexity index is 380. The zero-order chi connectivity index (χ0) is 13.5. The fraction of sp³-hybridized carbons (Fsp3) is 0.600. The van der Waals surface area contributed by atoms with E-state index in [1.807, 2.05) is 12.1 Å². The fourth-order valence-corrected chi connectivity index (χ4v) is 3.47. The van der Waals surface area contributed by atoms with Crippen LogP contribution in [0.2, 0.25) is 0 Å². The molecule has 0 unspecified atom stereocenters. The van der Waals surface area contributed by atoms with Gasteiger partial charge >= 0.3 is 0 Å². The lowest BCUT2D eigenvalue weighted by Crippen LogP contribution is -2.35. The van der Waals surface area contributed by atoms with Crippen LogP contribution in [-0.4, -0.2) is 43.9 Å². The highest BCUT2D eigenvalue weighted by Gasteiger charge is 2.14. The van der Waals surface area contributed by atoms with Gasteiger partial charge in [-0.25, -0.2) is 4.39 Å². The van der Waals surface area contributed by atoms with Crippen LogP contribution >= 0.6 is 11.8 Å². The number of piperidine rings is 1. The highest BCUT2D eigenvalue weighted by molar-refractivity contribution is 7.99. The molecule has 0 amide bonds. The number of benzene rings is 1. The van der Waals surface area contributed by atoms with E-state index in [0.29, 0.717) is 0 Å². The van der Waals surface area contributed by atoms with Gasteiger partial charge in [0.2, 0.25) is 0 Å². The first-order valence-electron chi connectivity index (χ1n) is 7.02. The van der Waals surface area contributed by atoms with Gasteiger partial charge in [-0.2, -0.15) is 0 Å². The van der Waals surface area contributed by atoms with Gasteiger partial charge in [0.15, 0.2) is 0 Å². The average Bonchev–Trinajstić information content (AvgIpc) is 2.42. The summed E-state index contributed by atoms with van der Waals surface area (Å²) in [4.78, 5) is 3.14. The van der Waals surface area contributed by atoms with Crippen LogP contribution < -0.4 is 5.32 Å². The Kier molecular flexibility index (Phi) is 6.14. The molecule has 1 aromatic carbocycles. The molecule has 0 bridgehead atoms. The third-order valence-corrected chi connectivity index (χ3v) is 4.62. The molecule has 0 atom stereocenters. The molecule has 19 heavy (non-hydrogen) atoms. The molecule has 0 saturated carbocycles. The topological polar surface area (TPSA) is 15.3 Å². The van der Waals surface area contributed by atoms with Gasteiger partial charge in [-0.1, -0.05) is 12.1 Å². The maximum atomic E-state index is 13.4. The smallest absolute Gasteiger partial charge is 0.136 e. The molecule has 1 saturated heterocycles. The van der Waals surface area contributed by atoms with Crippen molar-refractivity contribution >= 4 is 11.8 Å². The minimum atomic E-state index is -0.103. The summed E-state index contributed by atoms with van der Waals surface area (Å²) < 4.78 is 13.4. The molecule has 0 spiro atoms. The maximum absolute atomic E-state index is 13.4. The van der Waals surface area contributed by atoms with E-state index in [0.717, 1.165) is 36.2 Å². The fourth-order valence-electron chi connectivity index (χ4n) is 2.47. The van der Waals surface area contributed by atoms with Crippen molar-refractivity contribution < 1.29 is 4.39 Å². The number of thioether (sulfide) groups is 1. The summed E-state index contributed by atoms with van der Waals surface area (Å²) in [5.41, 5.74) is 0. The first-order chi connectivity index (χ1) is 9.25. The summed E-state index contributed by atoms with van der Waals surface area (Å²) in [7, 11) is 2.17.